The number of amides is 1. The van der Waals surface area contributed by atoms with Crippen LogP contribution >= 0.6 is 0 Å². The van der Waals surface area contributed by atoms with Crippen molar-refractivity contribution in [1.82, 2.24) is 19.9 Å². The van der Waals surface area contributed by atoms with Crippen LogP contribution < -0.4 is 4.90 Å². The van der Waals surface area contributed by atoms with Gasteiger partial charge in [-0.3, -0.25) is 4.79 Å². The van der Waals surface area contributed by atoms with Crippen molar-refractivity contribution in [2.45, 2.75) is 26.7 Å². The maximum absolute atomic E-state index is 12.3. The Morgan fingerprint density at radius 2 is 2.15 bits per heavy atom. The van der Waals surface area contributed by atoms with E-state index in [1.807, 2.05) is 17.2 Å². The Hall–Kier alpha value is -2.62. The third kappa shape index (κ3) is 2.28. The highest BCUT2D eigenvalue weighted by atomic mass is 16.2. The summed E-state index contributed by atoms with van der Waals surface area (Å²) in [4.78, 5) is 28.3. The molecule has 2 aromatic rings. The van der Waals surface area contributed by atoms with Crippen molar-refractivity contribution in [3.63, 3.8) is 0 Å². The van der Waals surface area contributed by atoms with Gasteiger partial charge in [0.05, 0.1) is 11.5 Å². The predicted octanol–water partition coefficient (Wildman–Crippen LogP) is 2.18. The Labute approximate surface area is 153 Å². The Bertz CT molecular complexity index is 883. The fourth-order valence-corrected chi connectivity index (χ4v) is 4.93. The van der Waals surface area contributed by atoms with Gasteiger partial charge in [0.25, 0.3) is 0 Å². The number of fused-ring (bicyclic) bond motifs is 2. The molecule has 2 fully saturated rings. The summed E-state index contributed by atoms with van der Waals surface area (Å²) in [5, 5.41) is 9.72. The molecule has 1 N–H and O–H groups in total. The minimum absolute atomic E-state index is 0.109. The molecule has 4 rings (SSSR count). The molecule has 0 aromatic carbocycles. The molecule has 0 bridgehead atoms. The van der Waals surface area contributed by atoms with Gasteiger partial charge in [0.2, 0.25) is 5.91 Å². The SMILES string of the molecule is CN(C[C@H]1[C@]2(C)CN(C(=O)CCC#N)C[C@]12C)c1ncnc2[nH]ccc12. The Morgan fingerprint density at radius 1 is 1.42 bits per heavy atom. The third-order valence-electron chi connectivity index (χ3n) is 6.75. The zero-order chi connectivity index (χ0) is 18.5. The largest absolute Gasteiger partial charge is 0.359 e. The number of piperidine rings is 1. The highest BCUT2D eigenvalue weighted by molar-refractivity contribution is 5.87. The van der Waals surface area contributed by atoms with Crippen molar-refractivity contribution >= 4 is 22.8 Å². The standard InChI is InChI=1S/C19H24N6O/c1-18-10-25(15(26)5-4-7-20)11-19(18,2)14(18)9-24(3)17-13-6-8-21-16(13)22-12-23-17/h6,8,12,14H,4-5,9-11H2,1-3H3,(H,21,22,23)/t14-,18-,19+. The molecule has 3 heterocycles. The van der Waals surface area contributed by atoms with Crippen molar-refractivity contribution in [2.24, 2.45) is 16.7 Å². The zero-order valence-electron chi connectivity index (χ0n) is 15.5. The lowest BCUT2D eigenvalue weighted by Gasteiger charge is -2.26. The van der Waals surface area contributed by atoms with Crippen LogP contribution in [0.3, 0.4) is 0 Å². The van der Waals surface area contributed by atoms with Gasteiger partial charge in [0.1, 0.15) is 17.8 Å². The van der Waals surface area contributed by atoms with E-state index < -0.39 is 0 Å². The fraction of sp³-hybridized carbons (Fsp3) is 0.579. The molecule has 2 aromatic heterocycles. The maximum Gasteiger partial charge on any atom is 0.223 e. The minimum Gasteiger partial charge on any atom is -0.359 e. The first-order valence-corrected chi connectivity index (χ1v) is 9.04. The zero-order valence-corrected chi connectivity index (χ0v) is 15.5. The van der Waals surface area contributed by atoms with Gasteiger partial charge in [0, 0.05) is 45.7 Å². The molecular formula is C19H24N6O. The number of nitriles is 1. The lowest BCUT2D eigenvalue weighted by Crippen LogP contribution is -2.36. The van der Waals surface area contributed by atoms with E-state index in [1.165, 1.54) is 0 Å². The second kappa shape index (κ2) is 5.70. The summed E-state index contributed by atoms with van der Waals surface area (Å²) in [6.07, 6.45) is 4.11. The topological polar surface area (TPSA) is 88.9 Å². The quantitative estimate of drug-likeness (QED) is 0.891. The van der Waals surface area contributed by atoms with Crippen LogP contribution in [0.15, 0.2) is 18.6 Å². The summed E-state index contributed by atoms with van der Waals surface area (Å²) in [6, 6.07) is 4.07. The Kier molecular flexibility index (Phi) is 3.69. The molecule has 0 spiro atoms. The van der Waals surface area contributed by atoms with E-state index in [1.54, 1.807) is 6.33 Å². The lowest BCUT2D eigenvalue weighted by atomic mass is 10.0. The van der Waals surface area contributed by atoms with Crippen molar-refractivity contribution < 1.29 is 4.79 Å². The van der Waals surface area contributed by atoms with E-state index in [0.29, 0.717) is 18.8 Å². The normalized spacial score (nSPS) is 29.5. The third-order valence-corrected chi connectivity index (χ3v) is 6.75. The number of H-pyrrole nitrogens is 1. The van der Waals surface area contributed by atoms with Crippen LogP contribution in [0.25, 0.3) is 11.0 Å². The van der Waals surface area contributed by atoms with E-state index in [2.05, 4.69) is 46.8 Å². The van der Waals surface area contributed by atoms with Crippen LogP contribution in [0.4, 0.5) is 5.82 Å². The predicted molar refractivity (Wildman–Crippen MR) is 98.3 cm³/mol. The molecule has 0 unspecified atom stereocenters. The van der Waals surface area contributed by atoms with Crippen LogP contribution in [-0.2, 0) is 4.79 Å². The molecule has 2 aliphatic rings. The fourth-order valence-electron chi connectivity index (χ4n) is 4.93. The molecule has 136 valence electrons. The number of nitrogens with one attached hydrogen (secondary N) is 1. The highest BCUT2D eigenvalue weighted by Gasteiger charge is 2.75. The van der Waals surface area contributed by atoms with Gasteiger partial charge in [0.15, 0.2) is 0 Å². The van der Waals surface area contributed by atoms with Gasteiger partial charge in [-0.25, -0.2) is 9.97 Å². The molecular weight excluding hydrogens is 328 g/mol. The van der Waals surface area contributed by atoms with Gasteiger partial charge in [-0.1, -0.05) is 13.8 Å². The monoisotopic (exact) mass is 352 g/mol. The number of nitrogens with zero attached hydrogens (tertiary/aromatic N) is 5. The van der Waals surface area contributed by atoms with Crippen molar-refractivity contribution in [1.29, 1.82) is 5.26 Å². The van der Waals surface area contributed by atoms with Gasteiger partial charge in [-0.2, -0.15) is 5.26 Å². The van der Waals surface area contributed by atoms with Crippen molar-refractivity contribution in [3.8, 4) is 6.07 Å². The number of likely N-dealkylation sites (tertiary alicyclic amines) is 1. The van der Waals surface area contributed by atoms with Gasteiger partial charge in [-0.15, -0.1) is 0 Å². The number of hydrogen-bond donors (Lipinski definition) is 1. The molecule has 26 heavy (non-hydrogen) atoms. The molecule has 1 saturated heterocycles. The van der Waals surface area contributed by atoms with Gasteiger partial charge >= 0.3 is 0 Å². The molecule has 1 aliphatic carbocycles. The molecule has 1 aliphatic heterocycles. The number of carbonyl (C=O) groups excluding carboxylic acids is 1. The molecule has 7 nitrogen and oxygen atoms in total. The van der Waals surface area contributed by atoms with Crippen LogP contribution in [0.1, 0.15) is 26.7 Å². The summed E-state index contributed by atoms with van der Waals surface area (Å²) in [7, 11) is 2.07. The van der Waals surface area contributed by atoms with E-state index in [0.717, 1.165) is 36.5 Å². The van der Waals surface area contributed by atoms with Crippen LogP contribution in [0.5, 0.6) is 0 Å². The average molecular weight is 352 g/mol. The molecule has 7 heteroatoms. The molecule has 3 atom stereocenters. The molecule has 1 saturated carbocycles. The van der Waals surface area contributed by atoms with Crippen LogP contribution in [0, 0.1) is 28.1 Å². The van der Waals surface area contributed by atoms with Crippen molar-refractivity contribution in [3.05, 3.63) is 18.6 Å². The number of rotatable bonds is 5. The van der Waals surface area contributed by atoms with E-state index in [-0.39, 0.29) is 16.7 Å². The summed E-state index contributed by atoms with van der Waals surface area (Å²) in [6.45, 7) is 7.06. The first kappa shape index (κ1) is 16.8. The summed E-state index contributed by atoms with van der Waals surface area (Å²) >= 11 is 0. The number of hydrogen-bond acceptors (Lipinski definition) is 5. The van der Waals surface area contributed by atoms with Crippen LogP contribution in [-0.4, -0.2) is 52.4 Å². The van der Waals surface area contributed by atoms with Crippen LogP contribution in [0.2, 0.25) is 0 Å². The van der Waals surface area contributed by atoms with E-state index in [4.69, 9.17) is 5.26 Å². The second-order valence-corrected chi connectivity index (χ2v) is 8.11. The smallest absolute Gasteiger partial charge is 0.223 e. The Balaban J connectivity index is 1.46. The van der Waals surface area contributed by atoms with Crippen molar-refractivity contribution in [2.75, 3.05) is 31.6 Å². The molecule has 0 radical (unpaired) electrons. The maximum atomic E-state index is 12.3. The minimum atomic E-state index is 0.109. The summed E-state index contributed by atoms with van der Waals surface area (Å²) in [5.74, 6) is 1.57. The van der Waals surface area contributed by atoms with E-state index in [9.17, 15) is 4.79 Å². The number of aromatic amines is 1. The summed E-state index contributed by atoms with van der Waals surface area (Å²) in [5.41, 5.74) is 1.12. The first-order chi connectivity index (χ1) is 12.4. The summed E-state index contributed by atoms with van der Waals surface area (Å²) < 4.78 is 0. The van der Waals surface area contributed by atoms with Gasteiger partial charge < -0.3 is 14.8 Å². The van der Waals surface area contributed by atoms with E-state index >= 15 is 0 Å². The second-order valence-electron chi connectivity index (χ2n) is 8.11. The lowest BCUT2D eigenvalue weighted by molar-refractivity contribution is -0.131. The number of aromatic nitrogens is 3. The average Bonchev–Trinajstić information content (AvgIpc) is 3.02. The number of anilines is 1. The number of carbonyl (C=O) groups is 1. The first-order valence-electron chi connectivity index (χ1n) is 9.04. The Morgan fingerprint density at radius 3 is 2.85 bits per heavy atom. The van der Waals surface area contributed by atoms with Gasteiger partial charge in [-0.05, 0) is 22.8 Å². The highest BCUT2D eigenvalue weighted by Crippen LogP contribution is 2.72. The molecule has 1 amide bonds.